The third-order valence-corrected chi connectivity index (χ3v) is 3.18. The van der Waals surface area contributed by atoms with Gasteiger partial charge in [-0.25, -0.2) is 4.98 Å². The van der Waals surface area contributed by atoms with Crippen LogP contribution in [0.3, 0.4) is 0 Å². The maximum atomic E-state index is 4.58. The Balaban J connectivity index is 0.000000902. The minimum Gasteiger partial charge on any atom is -0.307 e. The summed E-state index contributed by atoms with van der Waals surface area (Å²) in [4.78, 5) is 4.58. The van der Waals surface area contributed by atoms with Crippen LogP contribution in [-0.4, -0.2) is 21.7 Å². The molecule has 2 N–H and O–H groups in total. The summed E-state index contributed by atoms with van der Waals surface area (Å²) in [6, 6.07) is 10.4. The average molecular weight is 301 g/mol. The Kier molecular flexibility index (Phi) is 6.28. The highest BCUT2D eigenvalue weighted by Gasteiger charge is 2.18. The Bertz CT molecular complexity index is 480. The fourth-order valence-electron chi connectivity index (χ4n) is 2.23. The van der Waals surface area contributed by atoms with Gasteiger partial charge in [0, 0.05) is 5.56 Å². The van der Waals surface area contributed by atoms with E-state index in [1.807, 2.05) is 30.3 Å². The molecule has 1 saturated heterocycles. The van der Waals surface area contributed by atoms with Crippen molar-refractivity contribution in [2.45, 2.75) is 25.3 Å². The van der Waals surface area contributed by atoms with Gasteiger partial charge in [-0.3, -0.25) is 5.10 Å². The van der Waals surface area contributed by atoms with Crippen LogP contribution < -0.4 is 5.32 Å². The summed E-state index contributed by atoms with van der Waals surface area (Å²) < 4.78 is 0. The minimum absolute atomic E-state index is 0. The Morgan fingerprint density at radius 2 is 1.84 bits per heavy atom. The second-order valence-electron chi connectivity index (χ2n) is 4.41. The zero-order valence-electron chi connectivity index (χ0n) is 10.5. The first-order valence-corrected chi connectivity index (χ1v) is 6.14. The second-order valence-corrected chi connectivity index (χ2v) is 4.41. The predicted octanol–water partition coefficient (Wildman–Crippen LogP) is 3.13. The predicted molar refractivity (Wildman–Crippen MR) is 80.9 cm³/mol. The van der Waals surface area contributed by atoms with E-state index < -0.39 is 0 Å². The lowest BCUT2D eigenvalue weighted by atomic mass is 10.0. The number of hydrogen-bond acceptors (Lipinski definition) is 3. The van der Waals surface area contributed by atoms with E-state index in [9.17, 15) is 0 Å². The molecule has 3 rings (SSSR count). The van der Waals surface area contributed by atoms with Crippen LogP contribution in [0.1, 0.15) is 31.1 Å². The molecule has 19 heavy (non-hydrogen) atoms. The lowest BCUT2D eigenvalue weighted by Gasteiger charge is -2.20. The van der Waals surface area contributed by atoms with Gasteiger partial charge in [0.2, 0.25) is 0 Å². The maximum Gasteiger partial charge on any atom is 0.181 e. The molecule has 1 aliphatic heterocycles. The molecule has 0 bridgehead atoms. The molecule has 0 aliphatic carbocycles. The molecule has 1 unspecified atom stereocenters. The summed E-state index contributed by atoms with van der Waals surface area (Å²) in [6.45, 7) is 1.08. The molecule has 1 aliphatic rings. The molecule has 2 heterocycles. The molecule has 104 valence electrons. The van der Waals surface area contributed by atoms with Gasteiger partial charge in [-0.2, -0.15) is 5.10 Å². The number of rotatable bonds is 2. The normalized spacial score (nSPS) is 18.2. The molecule has 0 spiro atoms. The van der Waals surface area contributed by atoms with Crippen molar-refractivity contribution >= 4 is 24.8 Å². The van der Waals surface area contributed by atoms with Crippen molar-refractivity contribution in [3.63, 3.8) is 0 Å². The van der Waals surface area contributed by atoms with Crippen molar-refractivity contribution in [2.24, 2.45) is 0 Å². The zero-order chi connectivity index (χ0) is 11.5. The van der Waals surface area contributed by atoms with Crippen LogP contribution in [0.4, 0.5) is 0 Å². The molecule has 2 aromatic rings. The van der Waals surface area contributed by atoms with Gasteiger partial charge in [0.15, 0.2) is 5.82 Å². The van der Waals surface area contributed by atoms with Gasteiger partial charge in [-0.15, -0.1) is 24.8 Å². The van der Waals surface area contributed by atoms with Crippen LogP contribution >= 0.6 is 24.8 Å². The third-order valence-electron chi connectivity index (χ3n) is 3.18. The molecule has 6 heteroatoms. The number of aromatic nitrogens is 3. The molecule has 0 radical (unpaired) electrons. The van der Waals surface area contributed by atoms with E-state index >= 15 is 0 Å². The molecule has 1 atom stereocenters. The first-order chi connectivity index (χ1) is 8.43. The number of piperidine rings is 1. The SMILES string of the molecule is Cl.Cl.c1ccc(-c2n[nH]c(C3CCCCN3)n2)cc1. The van der Waals surface area contributed by atoms with Crippen LogP contribution in [0.2, 0.25) is 0 Å². The van der Waals surface area contributed by atoms with Gasteiger partial charge in [-0.05, 0) is 19.4 Å². The number of H-pyrrole nitrogens is 1. The Morgan fingerprint density at radius 1 is 1.05 bits per heavy atom. The van der Waals surface area contributed by atoms with E-state index in [4.69, 9.17) is 0 Å². The van der Waals surface area contributed by atoms with Crippen LogP contribution in [-0.2, 0) is 0 Å². The number of nitrogens with one attached hydrogen (secondary N) is 2. The Labute approximate surface area is 125 Å². The van der Waals surface area contributed by atoms with E-state index in [0.717, 1.165) is 30.2 Å². The summed E-state index contributed by atoms with van der Waals surface area (Å²) in [6.07, 6.45) is 3.67. The highest BCUT2D eigenvalue weighted by Crippen LogP contribution is 2.22. The monoisotopic (exact) mass is 300 g/mol. The second kappa shape index (κ2) is 7.48. The van der Waals surface area contributed by atoms with Gasteiger partial charge in [-0.1, -0.05) is 36.8 Å². The minimum atomic E-state index is 0. The molecular weight excluding hydrogens is 283 g/mol. The van der Waals surface area contributed by atoms with E-state index in [-0.39, 0.29) is 24.8 Å². The van der Waals surface area contributed by atoms with Crippen LogP contribution in [0.25, 0.3) is 11.4 Å². The lowest BCUT2D eigenvalue weighted by Crippen LogP contribution is -2.27. The van der Waals surface area contributed by atoms with Crippen LogP contribution in [0.5, 0.6) is 0 Å². The largest absolute Gasteiger partial charge is 0.307 e. The fraction of sp³-hybridized carbons (Fsp3) is 0.385. The average Bonchev–Trinajstić information content (AvgIpc) is 2.90. The number of nitrogens with zero attached hydrogens (tertiary/aromatic N) is 2. The topological polar surface area (TPSA) is 53.6 Å². The summed E-state index contributed by atoms with van der Waals surface area (Å²) in [5, 5.41) is 10.8. The quantitative estimate of drug-likeness (QED) is 0.896. The number of aromatic amines is 1. The molecule has 1 aromatic heterocycles. The lowest BCUT2D eigenvalue weighted by molar-refractivity contribution is 0.398. The van der Waals surface area contributed by atoms with Gasteiger partial charge < -0.3 is 5.32 Å². The summed E-state index contributed by atoms with van der Waals surface area (Å²) in [5.41, 5.74) is 1.06. The van der Waals surface area contributed by atoms with Crippen LogP contribution in [0.15, 0.2) is 30.3 Å². The zero-order valence-corrected chi connectivity index (χ0v) is 12.1. The van der Waals surface area contributed by atoms with Gasteiger partial charge >= 0.3 is 0 Å². The first-order valence-electron chi connectivity index (χ1n) is 6.14. The van der Waals surface area contributed by atoms with E-state index in [0.29, 0.717) is 6.04 Å². The first kappa shape index (κ1) is 16.0. The van der Waals surface area contributed by atoms with Gasteiger partial charge in [0.25, 0.3) is 0 Å². The molecule has 1 fully saturated rings. The standard InChI is InChI=1S/C13H16N4.2ClH/c1-2-6-10(7-3-1)12-15-13(17-16-12)11-8-4-5-9-14-11;;/h1-3,6-7,11,14H,4-5,8-9H2,(H,15,16,17);2*1H. The molecule has 4 nitrogen and oxygen atoms in total. The Morgan fingerprint density at radius 3 is 2.53 bits per heavy atom. The third kappa shape index (κ3) is 3.69. The number of halogens is 2. The van der Waals surface area contributed by atoms with E-state index in [1.54, 1.807) is 0 Å². The van der Waals surface area contributed by atoms with Crippen LogP contribution in [0, 0.1) is 0 Å². The molecular formula is C13H18Cl2N4. The van der Waals surface area contributed by atoms with Gasteiger partial charge in [0.05, 0.1) is 6.04 Å². The van der Waals surface area contributed by atoms with E-state index in [2.05, 4.69) is 20.5 Å². The van der Waals surface area contributed by atoms with Gasteiger partial charge in [0.1, 0.15) is 5.82 Å². The molecule has 0 amide bonds. The van der Waals surface area contributed by atoms with Crippen molar-refractivity contribution in [3.05, 3.63) is 36.2 Å². The van der Waals surface area contributed by atoms with Crippen molar-refractivity contribution < 1.29 is 0 Å². The Hall–Kier alpha value is -1.10. The van der Waals surface area contributed by atoms with Crippen molar-refractivity contribution in [3.8, 4) is 11.4 Å². The van der Waals surface area contributed by atoms with Crippen molar-refractivity contribution in [2.75, 3.05) is 6.54 Å². The number of benzene rings is 1. The van der Waals surface area contributed by atoms with Crippen molar-refractivity contribution in [1.29, 1.82) is 0 Å². The summed E-state index contributed by atoms with van der Waals surface area (Å²) in [7, 11) is 0. The summed E-state index contributed by atoms with van der Waals surface area (Å²) >= 11 is 0. The highest BCUT2D eigenvalue weighted by molar-refractivity contribution is 5.85. The smallest absolute Gasteiger partial charge is 0.181 e. The number of hydrogen-bond donors (Lipinski definition) is 2. The fourth-order valence-corrected chi connectivity index (χ4v) is 2.23. The van der Waals surface area contributed by atoms with E-state index in [1.165, 1.54) is 12.8 Å². The molecule has 1 aromatic carbocycles. The summed E-state index contributed by atoms with van der Waals surface area (Å²) in [5.74, 6) is 1.75. The van der Waals surface area contributed by atoms with Crippen molar-refractivity contribution in [1.82, 2.24) is 20.5 Å². The highest BCUT2D eigenvalue weighted by atomic mass is 35.5. The maximum absolute atomic E-state index is 4.58. The molecule has 0 saturated carbocycles.